The van der Waals surface area contributed by atoms with Crippen LogP contribution >= 0.6 is 0 Å². The summed E-state index contributed by atoms with van der Waals surface area (Å²) in [4.78, 5) is 11.7. The molecule has 0 spiro atoms. The molecule has 0 aliphatic rings. The molecule has 0 radical (unpaired) electrons. The van der Waals surface area contributed by atoms with E-state index in [9.17, 15) is 4.79 Å². The first-order valence-corrected chi connectivity index (χ1v) is 6.89. The predicted octanol–water partition coefficient (Wildman–Crippen LogP) is 1.84. The third kappa shape index (κ3) is 5.48. The summed E-state index contributed by atoms with van der Waals surface area (Å²) >= 11 is 0. The molecule has 5 heteroatoms. The van der Waals surface area contributed by atoms with E-state index in [4.69, 9.17) is 15.2 Å². The molecule has 0 atom stereocenters. The van der Waals surface area contributed by atoms with E-state index < -0.39 is 0 Å². The molecular weight excluding hydrogens is 256 g/mol. The van der Waals surface area contributed by atoms with Crippen molar-refractivity contribution in [2.24, 2.45) is 5.73 Å². The molecule has 1 amide bonds. The van der Waals surface area contributed by atoms with Crippen molar-refractivity contribution in [3.8, 4) is 11.5 Å². The van der Waals surface area contributed by atoms with Gasteiger partial charge in [0.25, 0.3) is 0 Å². The highest BCUT2D eigenvalue weighted by Gasteiger charge is 2.06. The van der Waals surface area contributed by atoms with Crippen LogP contribution in [0.2, 0.25) is 0 Å². The van der Waals surface area contributed by atoms with E-state index in [1.165, 1.54) is 0 Å². The second-order valence-electron chi connectivity index (χ2n) is 4.57. The maximum absolute atomic E-state index is 11.7. The standard InChI is InChI=1S/C15H24N2O3/c1-19-13-8-7-12(10-14(13)20-2)11-17-15(18)6-4-3-5-9-16/h7-8,10H,3-6,9,11,16H2,1-2H3,(H,17,18). The SMILES string of the molecule is COc1ccc(CNC(=O)CCCCCN)cc1OC. The summed E-state index contributed by atoms with van der Waals surface area (Å²) in [5.41, 5.74) is 6.39. The van der Waals surface area contributed by atoms with Gasteiger partial charge in [-0.25, -0.2) is 0 Å². The normalized spacial score (nSPS) is 10.2. The Morgan fingerprint density at radius 3 is 2.55 bits per heavy atom. The summed E-state index contributed by atoms with van der Waals surface area (Å²) in [6.07, 6.45) is 3.41. The smallest absolute Gasteiger partial charge is 0.220 e. The summed E-state index contributed by atoms with van der Waals surface area (Å²) in [6.45, 7) is 1.18. The molecular formula is C15H24N2O3. The number of hydrogen-bond donors (Lipinski definition) is 2. The van der Waals surface area contributed by atoms with Gasteiger partial charge in [-0.2, -0.15) is 0 Å². The van der Waals surface area contributed by atoms with Crippen LogP contribution in [-0.2, 0) is 11.3 Å². The molecule has 3 N–H and O–H groups in total. The quantitative estimate of drug-likeness (QED) is 0.677. The Kier molecular flexibility index (Phi) is 7.50. The predicted molar refractivity (Wildman–Crippen MR) is 78.9 cm³/mol. The van der Waals surface area contributed by atoms with Crippen molar-refractivity contribution in [3.05, 3.63) is 23.8 Å². The maximum atomic E-state index is 11.7. The van der Waals surface area contributed by atoms with Crippen LogP contribution in [0.15, 0.2) is 18.2 Å². The van der Waals surface area contributed by atoms with Crippen molar-refractivity contribution in [3.63, 3.8) is 0 Å². The average molecular weight is 280 g/mol. The zero-order valence-corrected chi connectivity index (χ0v) is 12.3. The van der Waals surface area contributed by atoms with Crippen LogP contribution in [0.1, 0.15) is 31.2 Å². The van der Waals surface area contributed by atoms with Crippen molar-refractivity contribution >= 4 is 5.91 Å². The zero-order chi connectivity index (χ0) is 14.8. The monoisotopic (exact) mass is 280 g/mol. The van der Waals surface area contributed by atoms with Gasteiger partial charge in [0.1, 0.15) is 0 Å². The molecule has 0 bridgehead atoms. The van der Waals surface area contributed by atoms with Crippen molar-refractivity contribution in [2.45, 2.75) is 32.2 Å². The fourth-order valence-electron chi connectivity index (χ4n) is 1.89. The van der Waals surface area contributed by atoms with Gasteiger partial charge in [0, 0.05) is 13.0 Å². The van der Waals surface area contributed by atoms with Gasteiger partial charge in [-0.15, -0.1) is 0 Å². The molecule has 0 fully saturated rings. The zero-order valence-electron chi connectivity index (χ0n) is 12.3. The Bertz CT molecular complexity index is 422. The lowest BCUT2D eigenvalue weighted by atomic mass is 10.1. The summed E-state index contributed by atoms with van der Waals surface area (Å²) < 4.78 is 10.4. The van der Waals surface area contributed by atoms with Gasteiger partial charge in [0.05, 0.1) is 14.2 Å². The Balaban J connectivity index is 2.39. The van der Waals surface area contributed by atoms with Crippen molar-refractivity contribution in [1.82, 2.24) is 5.32 Å². The van der Waals surface area contributed by atoms with E-state index >= 15 is 0 Å². The average Bonchev–Trinajstić information content (AvgIpc) is 2.49. The molecule has 1 rings (SSSR count). The number of nitrogens with two attached hydrogens (primary N) is 1. The Labute approximate surface area is 120 Å². The number of methoxy groups -OCH3 is 2. The van der Waals surface area contributed by atoms with E-state index in [2.05, 4.69) is 5.32 Å². The van der Waals surface area contributed by atoms with Gasteiger partial charge >= 0.3 is 0 Å². The number of carbonyl (C=O) groups is 1. The second-order valence-corrected chi connectivity index (χ2v) is 4.57. The minimum atomic E-state index is 0.0665. The van der Waals surface area contributed by atoms with Gasteiger partial charge in [0.2, 0.25) is 5.91 Å². The number of hydrogen-bond acceptors (Lipinski definition) is 4. The molecule has 0 aliphatic carbocycles. The van der Waals surface area contributed by atoms with E-state index in [0.717, 1.165) is 24.8 Å². The van der Waals surface area contributed by atoms with Gasteiger partial charge in [-0.3, -0.25) is 4.79 Å². The lowest BCUT2D eigenvalue weighted by Crippen LogP contribution is -2.22. The number of ether oxygens (including phenoxy) is 2. The number of unbranched alkanes of at least 4 members (excludes halogenated alkanes) is 2. The fourth-order valence-corrected chi connectivity index (χ4v) is 1.89. The fraction of sp³-hybridized carbons (Fsp3) is 0.533. The van der Waals surface area contributed by atoms with Crippen LogP contribution in [0.5, 0.6) is 11.5 Å². The van der Waals surface area contributed by atoms with Gasteiger partial charge in [-0.1, -0.05) is 12.5 Å². The van der Waals surface area contributed by atoms with Crippen LogP contribution in [0.4, 0.5) is 0 Å². The highest BCUT2D eigenvalue weighted by Crippen LogP contribution is 2.27. The Morgan fingerprint density at radius 2 is 1.90 bits per heavy atom. The van der Waals surface area contributed by atoms with E-state index in [1.54, 1.807) is 14.2 Å². The summed E-state index contributed by atoms with van der Waals surface area (Å²) in [5.74, 6) is 1.42. The maximum Gasteiger partial charge on any atom is 0.220 e. The van der Waals surface area contributed by atoms with Crippen molar-refractivity contribution in [2.75, 3.05) is 20.8 Å². The number of benzene rings is 1. The summed E-state index contributed by atoms with van der Waals surface area (Å²) in [5, 5.41) is 2.90. The number of carbonyl (C=O) groups excluding carboxylic acids is 1. The Hall–Kier alpha value is -1.75. The molecule has 1 aromatic carbocycles. The molecule has 20 heavy (non-hydrogen) atoms. The molecule has 0 aromatic heterocycles. The van der Waals surface area contributed by atoms with Gasteiger partial charge < -0.3 is 20.5 Å². The molecule has 1 aromatic rings. The lowest BCUT2D eigenvalue weighted by Gasteiger charge is -2.10. The lowest BCUT2D eigenvalue weighted by molar-refractivity contribution is -0.121. The molecule has 0 saturated heterocycles. The van der Waals surface area contributed by atoms with Crippen molar-refractivity contribution in [1.29, 1.82) is 0 Å². The number of amides is 1. The van der Waals surface area contributed by atoms with Crippen LogP contribution in [0.25, 0.3) is 0 Å². The van der Waals surface area contributed by atoms with Crippen LogP contribution in [0, 0.1) is 0 Å². The topological polar surface area (TPSA) is 73.6 Å². The molecule has 5 nitrogen and oxygen atoms in total. The first-order valence-electron chi connectivity index (χ1n) is 6.89. The minimum Gasteiger partial charge on any atom is -0.493 e. The van der Waals surface area contributed by atoms with Crippen LogP contribution in [-0.4, -0.2) is 26.7 Å². The largest absolute Gasteiger partial charge is 0.493 e. The third-order valence-corrected chi connectivity index (χ3v) is 3.05. The minimum absolute atomic E-state index is 0.0665. The van der Waals surface area contributed by atoms with E-state index in [1.807, 2.05) is 18.2 Å². The molecule has 112 valence electrons. The highest BCUT2D eigenvalue weighted by molar-refractivity contribution is 5.75. The van der Waals surface area contributed by atoms with E-state index in [-0.39, 0.29) is 5.91 Å². The first kappa shape index (κ1) is 16.3. The third-order valence-electron chi connectivity index (χ3n) is 3.05. The highest BCUT2D eigenvalue weighted by atomic mass is 16.5. The summed E-state index contributed by atoms with van der Waals surface area (Å²) in [7, 11) is 3.19. The summed E-state index contributed by atoms with van der Waals surface area (Å²) in [6, 6.07) is 5.62. The second kappa shape index (κ2) is 9.20. The molecule has 0 aliphatic heterocycles. The number of nitrogens with one attached hydrogen (secondary N) is 1. The first-order chi connectivity index (χ1) is 9.71. The molecule has 0 saturated carbocycles. The van der Waals surface area contributed by atoms with Crippen molar-refractivity contribution < 1.29 is 14.3 Å². The number of rotatable bonds is 9. The van der Waals surface area contributed by atoms with Gasteiger partial charge in [-0.05, 0) is 37.1 Å². The van der Waals surface area contributed by atoms with Crippen LogP contribution < -0.4 is 20.5 Å². The van der Waals surface area contributed by atoms with E-state index in [0.29, 0.717) is 31.0 Å². The van der Waals surface area contributed by atoms with Gasteiger partial charge in [0.15, 0.2) is 11.5 Å². The molecule has 0 heterocycles. The molecule has 0 unspecified atom stereocenters. The van der Waals surface area contributed by atoms with Crippen LogP contribution in [0.3, 0.4) is 0 Å². The Morgan fingerprint density at radius 1 is 1.15 bits per heavy atom.